The summed E-state index contributed by atoms with van der Waals surface area (Å²) in [4.78, 5) is 0. The molecule has 3 heteroatoms. The van der Waals surface area contributed by atoms with Crippen LogP contribution in [0.2, 0.25) is 0 Å². The van der Waals surface area contributed by atoms with Crippen molar-refractivity contribution in [2.45, 2.75) is 38.0 Å². The molecule has 0 aromatic heterocycles. The summed E-state index contributed by atoms with van der Waals surface area (Å²) >= 11 is 3.59. The van der Waals surface area contributed by atoms with Gasteiger partial charge in [0.05, 0.1) is 6.61 Å². The van der Waals surface area contributed by atoms with Crippen LogP contribution in [0.25, 0.3) is 0 Å². The van der Waals surface area contributed by atoms with Crippen molar-refractivity contribution < 1.29 is 4.74 Å². The SMILES string of the molecule is Brc1ccc(OCC2CCC2)c(C2CCCNC2)c1. The zero-order valence-electron chi connectivity index (χ0n) is 11.3. The molecule has 1 saturated carbocycles. The minimum absolute atomic E-state index is 0.600. The Bertz CT molecular complexity index is 425. The molecular formula is C16H22BrNO. The van der Waals surface area contributed by atoms with E-state index in [1.807, 2.05) is 0 Å². The molecular weight excluding hydrogens is 302 g/mol. The summed E-state index contributed by atoms with van der Waals surface area (Å²) in [5.74, 6) is 2.49. The molecule has 2 aliphatic rings. The Kier molecular flexibility index (Phi) is 4.44. The van der Waals surface area contributed by atoms with Gasteiger partial charge in [0.2, 0.25) is 0 Å². The van der Waals surface area contributed by atoms with E-state index < -0.39 is 0 Å². The van der Waals surface area contributed by atoms with Crippen LogP contribution in [0.1, 0.15) is 43.6 Å². The standard InChI is InChI=1S/C16H22BrNO/c17-14-6-7-16(19-11-12-3-1-4-12)15(9-14)13-5-2-8-18-10-13/h6-7,9,12-13,18H,1-5,8,10-11H2. The van der Waals surface area contributed by atoms with Crippen molar-refractivity contribution in [1.82, 2.24) is 5.32 Å². The molecule has 0 amide bonds. The summed E-state index contributed by atoms with van der Waals surface area (Å²) in [5.41, 5.74) is 1.38. The molecule has 2 nitrogen and oxygen atoms in total. The van der Waals surface area contributed by atoms with Gasteiger partial charge in [-0.3, -0.25) is 0 Å². The maximum absolute atomic E-state index is 6.10. The molecule has 1 aromatic rings. The van der Waals surface area contributed by atoms with Gasteiger partial charge in [-0.1, -0.05) is 22.4 Å². The summed E-state index contributed by atoms with van der Waals surface area (Å²) in [6, 6.07) is 6.47. The largest absolute Gasteiger partial charge is 0.493 e. The van der Waals surface area contributed by atoms with Gasteiger partial charge >= 0.3 is 0 Å². The Hall–Kier alpha value is -0.540. The van der Waals surface area contributed by atoms with E-state index in [4.69, 9.17) is 4.74 Å². The third-order valence-electron chi connectivity index (χ3n) is 4.41. The highest BCUT2D eigenvalue weighted by molar-refractivity contribution is 9.10. The van der Waals surface area contributed by atoms with Crippen LogP contribution in [-0.4, -0.2) is 19.7 Å². The van der Waals surface area contributed by atoms with Crippen LogP contribution in [0.15, 0.2) is 22.7 Å². The van der Waals surface area contributed by atoms with Gasteiger partial charge in [-0.2, -0.15) is 0 Å². The van der Waals surface area contributed by atoms with Crippen LogP contribution in [-0.2, 0) is 0 Å². The Morgan fingerprint density at radius 2 is 2.11 bits per heavy atom. The second kappa shape index (κ2) is 6.27. The van der Waals surface area contributed by atoms with Gasteiger partial charge in [0, 0.05) is 16.9 Å². The average molecular weight is 324 g/mol. The molecule has 0 radical (unpaired) electrons. The zero-order valence-corrected chi connectivity index (χ0v) is 12.9. The summed E-state index contributed by atoms with van der Waals surface area (Å²) in [6.07, 6.45) is 6.60. The van der Waals surface area contributed by atoms with Crippen LogP contribution in [0, 0.1) is 5.92 Å². The fourth-order valence-electron chi connectivity index (χ4n) is 2.95. The first kappa shape index (κ1) is 13.4. The molecule has 1 aliphatic carbocycles. The van der Waals surface area contributed by atoms with Gasteiger partial charge in [-0.05, 0) is 61.9 Å². The number of ether oxygens (including phenoxy) is 1. The Labute approximate surface area is 124 Å². The van der Waals surface area contributed by atoms with E-state index in [0.29, 0.717) is 5.92 Å². The van der Waals surface area contributed by atoms with E-state index in [1.54, 1.807) is 0 Å². The Morgan fingerprint density at radius 1 is 1.21 bits per heavy atom. The molecule has 0 spiro atoms. The highest BCUT2D eigenvalue weighted by Gasteiger charge is 2.22. The minimum atomic E-state index is 0.600. The Morgan fingerprint density at radius 3 is 2.79 bits per heavy atom. The molecule has 1 saturated heterocycles. The monoisotopic (exact) mass is 323 g/mol. The predicted octanol–water partition coefficient (Wildman–Crippen LogP) is 4.10. The summed E-state index contributed by atoms with van der Waals surface area (Å²) in [7, 11) is 0. The third-order valence-corrected chi connectivity index (χ3v) is 4.90. The van der Waals surface area contributed by atoms with Crippen molar-refractivity contribution in [2.24, 2.45) is 5.92 Å². The van der Waals surface area contributed by atoms with Crippen molar-refractivity contribution in [3.63, 3.8) is 0 Å². The maximum Gasteiger partial charge on any atom is 0.122 e. The van der Waals surface area contributed by atoms with E-state index >= 15 is 0 Å². The smallest absolute Gasteiger partial charge is 0.122 e. The predicted molar refractivity (Wildman–Crippen MR) is 81.8 cm³/mol. The average Bonchev–Trinajstić information content (AvgIpc) is 2.39. The lowest BCUT2D eigenvalue weighted by atomic mass is 9.86. The second-order valence-electron chi connectivity index (χ2n) is 5.83. The molecule has 3 rings (SSSR count). The topological polar surface area (TPSA) is 21.3 Å². The van der Waals surface area contributed by atoms with Crippen molar-refractivity contribution >= 4 is 15.9 Å². The fraction of sp³-hybridized carbons (Fsp3) is 0.625. The van der Waals surface area contributed by atoms with Gasteiger partial charge in [0.1, 0.15) is 5.75 Å². The van der Waals surface area contributed by atoms with Crippen molar-refractivity contribution in [2.75, 3.05) is 19.7 Å². The lowest BCUT2D eigenvalue weighted by Crippen LogP contribution is -2.29. The summed E-state index contributed by atoms with van der Waals surface area (Å²) < 4.78 is 7.26. The number of hydrogen-bond donors (Lipinski definition) is 1. The van der Waals surface area contributed by atoms with Gasteiger partial charge < -0.3 is 10.1 Å². The number of hydrogen-bond acceptors (Lipinski definition) is 2. The maximum atomic E-state index is 6.10. The molecule has 1 atom stereocenters. The lowest BCUT2D eigenvalue weighted by molar-refractivity contribution is 0.178. The number of rotatable bonds is 4. The van der Waals surface area contributed by atoms with Gasteiger partial charge in [0.25, 0.3) is 0 Å². The van der Waals surface area contributed by atoms with E-state index in [1.165, 1.54) is 37.7 Å². The van der Waals surface area contributed by atoms with E-state index in [0.717, 1.165) is 35.8 Å². The normalized spacial score (nSPS) is 23.9. The lowest BCUT2D eigenvalue weighted by Gasteiger charge is -2.28. The quantitative estimate of drug-likeness (QED) is 0.900. The highest BCUT2D eigenvalue weighted by atomic mass is 79.9. The first-order valence-electron chi connectivity index (χ1n) is 7.46. The van der Waals surface area contributed by atoms with Gasteiger partial charge in [-0.15, -0.1) is 0 Å². The van der Waals surface area contributed by atoms with Crippen LogP contribution >= 0.6 is 15.9 Å². The minimum Gasteiger partial charge on any atom is -0.493 e. The molecule has 1 heterocycles. The number of benzene rings is 1. The molecule has 104 valence electrons. The number of nitrogens with one attached hydrogen (secondary N) is 1. The van der Waals surface area contributed by atoms with Gasteiger partial charge in [-0.25, -0.2) is 0 Å². The van der Waals surface area contributed by atoms with Gasteiger partial charge in [0.15, 0.2) is 0 Å². The highest BCUT2D eigenvalue weighted by Crippen LogP contribution is 2.35. The van der Waals surface area contributed by atoms with Crippen molar-refractivity contribution in [3.8, 4) is 5.75 Å². The Balaban J connectivity index is 1.73. The van der Waals surface area contributed by atoms with Crippen LogP contribution in [0.4, 0.5) is 0 Å². The molecule has 1 aromatic carbocycles. The van der Waals surface area contributed by atoms with Crippen LogP contribution in [0.5, 0.6) is 5.75 Å². The zero-order chi connectivity index (χ0) is 13.1. The van der Waals surface area contributed by atoms with Crippen LogP contribution in [0.3, 0.4) is 0 Å². The van der Waals surface area contributed by atoms with Crippen LogP contribution < -0.4 is 10.1 Å². The molecule has 0 bridgehead atoms. The molecule has 1 unspecified atom stereocenters. The van der Waals surface area contributed by atoms with Crippen molar-refractivity contribution in [3.05, 3.63) is 28.2 Å². The molecule has 1 aliphatic heterocycles. The number of halogens is 1. The summed E-state index contributed by atoms with van der Waals surface area (Å²) in [5, 5.41) is 3.50. The van der Waals surface area contributed by atoms with Crippen molar-refractivity contribution in [1.29, 1.82) is 0 Å². The fourth-order valence-corrected chi connectivity index (χ4v) is 3.33. The molecule has 1 N–H and O–H groups in total. The second-order valence-corrected chi connectivity index (χ2v) is 6.75. The first-order valence-corrected chi connectivity index (χ1v) is 8.25. The van der Waals surface area contributed by atoms with E-state index in [-0.39, 0.29) is 0 Å². The van der Waals surface area contributed by atoms with E-state index in [2.05, 4.69) is 39.4 Å². The third kappa shape index (κ3) is 3.32. The molecule has 2 fully saturated rings. The van der Waals surface area contributed by atoms with E-state index in [9.17, 15) is 0 Å². The number of piperidine rings is 1. The first-order chi connectivity index (χ1) is 9.33. The summed E-state index contributed by atoms with van der Waals surface area (Å²) in [6.45, 7) is 3.13. The molecule has 19 heavy (non-hydrogen) atoms.